The van der Waals surface area contributed by atoms with Gasteiger partial charge in [-0.3, -0.25) is 9.59 Å². The minimum absolute atomic E-state index is 0.00405. The van der Waals surface area contributed by atoms with Gasteiger partial charge in [-0.25, -0.2) is 0 Å². The first-order valence-corrected chi connectivity index (χ1v) is 6.79. The molecule has 0 saturated carbocycles. The molecular formula is C13H26N2O3. The normalized spacial score (nSPS) is 10.1. The van der Waals surface area contributed by atoms with Crippen molar-refractivity contribution in [2.75, 3.05) is 19.7 Å². The van der Waals surface area contributed by atoms with Crippen LogP contribution in [0.3, 0.4) is 0 Å². The standard InChI is InChI=1S/C13H26N2O3/c1-12(17)14-9-5-2-4-8-13(18)15-10-6-3-7-11-16/h16H,2-11H2,1H3,(H,14,17)(H,15,18). The molecule has 0 saturated heterocycles. The summed E-state index contributed by atoms with van der Waals surface area (Å²) in [5.74, 6) is 0.0918. The maximum atomic E-state index is 11.4. The summed E-state index contributed by atoms with van der Waals surface area (Å²) < 4.78 is 0. The van der Waals surface area contributed by atoms with E-state index >= 15 is 0 Å². The first kappa shape index (κ1) is 16.9. The van der Waals surface area contributed by atoms with Gasteiger partial charge >= 0.3 is 0 Å². The van der Waals surface area contributed by atoms with E-state index in [0.29, 0.717) is 19.5 Å². The van der Waals surface area contributed by atoms with E-state index in [1.807, 2.05) is 0 Å². The molecule has 106 valence electrons. The molecule has 0 aromatic carbocycles. The number of carbonyl (C=O) groups excluding carboxylic acids is 2. The third kappa shape index (κ3) is 13.0. The predicted octanol–water partition coefficient (Wildman–Crippen LogP) is 0.962. The number of hydrogen-bond acceptors (Lipinski definition) is 3. The van der Waals surface area contributed by atoms with Gasteiger partial charge in [0.2, 0.25) is 11.8 Å². The van der Waals surface area contributed by atoms with E-state index in [1.165, 1.54) is 6.92 Å². The number of aliphatic hydroxyl groups is 1. The Morgan fingerprint density at radius 2 is 1.50 bits per heavy atom. The molecule has 0 aliphatic heterocycles. The highest BCUT2D eigenvalue weighted by molar-refractivity contribution is 5.75. The van der Waals surface area contributed by atoms with Crippen LogP contribution in [0.15, 0.2) is 0 Å². The van der Waals surface area contributed by atoms with Gasteiger partial charge in [-0.1, -0.05) is 6.42 Å². The maximum Gasteiger partial charge on any atom is 0.219 e. The first-order chi connectivity index (χ1) is 8.66. The third-order valence-electron chi connectivity index (χ3n) is 2.61. The average Bonchev–Trinajstić information content (AvgIpc) is 2.33. The molecule has 0 rings (SSSR count). The molecule has 3 N–H and O–H groups in total. The van der Waals surface area contributed by atoms with Gasteiger partial charge in [0, 0.05) is 33.0 Å². The Morgan fingerprint density at radius 3 is 2.11 bits per heavy atom. The summed E-state index contributed by atoms with van der Waals surface area (Å²) >= 11 is 0. The van der Waals surface area contributed by atoms with E-state index in [-0.39, 0.29) is 18.4 Å². The van der Waals surface area contributed by atoms with E-state index in [1.54, 1.807) is 0 Å². The molecule has 5 nitrogen and oxygen atoms in total. The Hall–Kier alpha value is -1.10. The van der Waals surface area contributed by atoms with E-state index in [4.69, 9.17) is 5.11 Å². The van der Waals surface area contributed by atoms with E-state index in [0.717, 1.165) is 38.5 Å². The summed E-state index contributed by atoms with van der Waals surface area (Å²) in [7, 11) is 0. The lowest BCUT2D eigenvalue weighted by Gasteiger charge is -2.05. The molecule has 0 radical (unpaired) electrons. The second-order valence-electron chi connectivity index (χ2n) is 4.43. The molecule has 0 fully saturated rings. The zero-order valence-corrected chi connectivity index (χ0v) is 11.3. The Bertz CT molecular complexity index is 232. The van der Waals surface area contributed by atoms with Gasteiger partial charge in [0.25, 0.3) is 0 Å². The number of hydrogen-bond donors (Lipinski definition) is 3. The van der Waals surface area contributed by atoms with Crippen molar-refractivity contribution in [3.8, 4) is 0 Å². The molecule has 0 spiro atoms. The van der Waals surface area contributed by atoms with Crippen LogP contribution >= 0.6 is 0 Å². The van der Waals surface area contributed by atoms with Gasteiger partial charge in [0.1, 0.15) is 0 Å². The molecule has 0 aliphatic carbocycles. The van der Waals surface area contributed by atoms with Gasteiger partial charge in [0.15, 0.2) is 0 Å². The lowest BCUT2D eigenvalue weighted by atomic mass is 10.2. The summed E-state index contributed by atoms with van der Waals surface area (Å²) in [6, 6.07) is 0. The van der Waals surface area contributed by atoms with Crippen LogP contribution in [0.2, 0.25) is 0 Å². The molecular weight excluding hydrogens is 232 g/mol. The Morgan fingerprint density at radius 1 is 0.889 bits per heavy atom. The van der Waals surface area contributed by atoms with Crippen LogP contribution in [-0.4, -0.2) is 36.6 Å². The number of unbranched alkanes of at least 4 members (excludes halogenated alkanes) is 4. The quantitative estimate of drug-likeness (QED) is 0.483. The zero-order valence-electron chi connectivity index (χ0n) is 11.3. The lowest BCUT2D eigenvalue weighted by Crippen LogP contribution is -2.24. The Kier molecular flexibility index (Phi) is 11.6. The number of nitrogens with one attached hydrogen (secondary N) is 2. The summed E-state index contributed by atoms with van der Waals surface area (Å²) in [5.41, 5.74) is 0. The highest BCUT2D eigenvalue weighted by atomic mass is 16.2. The summed E-state index contributed by atoms with van der Waals surface area (Å²) in [6.45, 7) is 3.12. The highest BCUT2D eigenvalue weighted by Crippen LogP contribution is 1.99. The first-order valence-electron chi connectivity index (χ1n) is 6.79. The summed E-state index contributed by atoms with van der Waals surface area (Å²) in [6.07, 6.45) is 5.98. The molecule has 0 aromatic heterocycles. The monoisotopic (exact) mass is 258 g/mol. The van der Waals surface area contributed by atoms with Crippen molar-refractivity contribution in [3.63, 3.8) is 0 Å². The van der Waals surface area contributed by atoms with Crippen molar-refractivity contribution in [2.24, 2.45) is 0 Å². The van der Waals surface area contributed by atoms with Crippen LogP contribution in [0.1, 0.15) is 51.9 Å². The van der Waals surface area contributed by atoms with Crippen molar-refractivity contribution < 1.29 is 14.7 Å². The molecule has 18 heavy (non-hydrogen) atoms. The van der Waals surface area contributed by atoms with Crippen molar-refractivity contribution >= 4 is 11.8 Å². The second-order valence-corrected chi connectivity index (χ2v) is 4.43. The molecule has 2 amide bonds. The van der Waals surface area contributed by atoms with Gasteiger partial charge in [-0.15, -0.1) is 0 Å². The topological polar surface area (TPSA) is 78.4 Å². The van der Waals surface area contributed by atoms with Crippen molar-refractivity contribution in [1.29, 1.82) is 0 Å². The fourth-order valence-electron chi connectivity index (χ4n) is 1.58. The van der Waals surface area contributed by atoms with Crippen LogP contribution in [0.25, 0.3) is 0 Å². The number of amides is 2. The minimum Gasteiger partial charge on any atom is -0.396 e. The minimum atomic E-state index is -0.00405. The number of rotatable bonds is 11. The van der Waals surface area contributed by atoms with E-state index in [9.17, 15) is 9.59 Å². The fraction of sp³-hybridized carbons (Fsp3) is 0.846. The molecule has 0 bridgehead atoms. The third-order valence-corrected chi connectivity index (χ3v) is 2.61. The molecule has 0 aliphatic rings. The highest BCUT2D eigenvalue weighted by Gasteiger charge is 2.00. The van der Waals surface area contributed by atoms with Gasteiger partial charge in [0.05, 0.1) is 0 Å². The van der Waals surface area contributed by atoms with E-state index < -0.39 is 0 Å². The SMILES string of the molecule is CC(=O)NCCCCCC(=O)NCCCCCO. The Balaban J connectivity index is 3.19. The van der Waals surface area contributed by atoms with Crippen molar-refractivity contribution in [1.82, 2.24) is 10.6 Å². The smallest absolute Gasteiger partial charge is 0.219 e. The van der Waals surface area contributed by atoms with E-state index in [2.05, 4.69) is 10.6 Å². The van der Waals surface area contributed by atoms with Crippen LogP contribution in [-0.2, 0) is 9.59 Å². The largest absolute Gasteiger partial charge is 0.396 e. The summed E-state index contributed by atoms with van der Waals surface area (Å²) in [4.78, 5) is 22.0. The van der Waals surface area contributed by atoms with Crippen molar-refractivity contribution in [3.05, 3.63) is 0 Å². The van der Waals surface area contributed by atoms with Crippen LogP contribution in [0, 0.1) is 0 Å². The van der Waals surface area contributed by atoms with Gasteiger partial charge < -0.3 is 15.7 Å². The van der Waals surface area contributed by atoms with Gasteiger partial charge in [-0.2, -0.15) is 0 Å². The number of aliphatic hydroxyl groups excluding tert-OH is 1. The number of carbonyl (C=O) groups is 2. The zero-order chi connectivity index (χ0) is 13.6. The maximum absolute atomic E-state index is 11.4. The van der Waals surface area contributed by atoms with Gasteiger partial charge in [-0.05, 0) is 32.1 Å². The lowest BCUT2D eigenvalue weighted by molar-refractivity contribution is -0.121. The molecule has 0 aromatic rings. The fourth-order valence-corrected chi connectivity index (χ4v) is 1.58. The summed E-state index contributed by atoms with van der Waals surface area (Å²) in [5, 5.41) is 14.2. The van der Waals surface area contributed by atoms with Crippen LogP contribution < -0.4 is 10.6 Å². The molecule has 0 heterocycles. The van der Waals surface area contributed by atoms with Crippen LogP contribution in [0.5, 0.6) is 0 Å². The Labute approximate surface area is 109 Å². The average molecular weight is 258 g/mol. The molecule has 0 unspecified atom stereocenters. The molecule has 0 atom stereocenters. The van der Waals surface area contributed by atoms with Crippen molar-refractivity contribution in [2.45, 2.75) is 51.9 Å². The predicted molar refractivity (Wildman–Crippen MR) is 71.1 cm³/mol. The molecule has 5 heteroatoms. The second kappa shape index (κ2) is 12.4. The van der Waals surface area contributed by atoms with Crippen LogP contribution in [0.4, 0.5) is 0 Å².